The van der Waals surface area contributed by atoms with Gasteiger partial charge < -0.3 is 10.6 Å². The first-order chi connectivity index (χ1) is 9.30. The fourth-order valence-electron chi connectivity index (χ4n) is 2.61. The maximum atomic E-state index is 12.5. The molecule has 0 atom stereocenters. The third-order valence-electron chi connectivity index (χ3n) is 3.67. The lowest BCUT2D eigenvalue weighted by molar-refractivity contribution is -0.384. The van der Waals surface area contributed by atoms with Gasteiger partial charge in [-0.05, 0) is 24.3 Å². The Morgan fingerprint density at radius 1 is 1.45 bits per heavy atom. The Morgan fingerprint density at radius 3 is 2.75 bits per heavy atom. The van der Waals surface area contributed by atoms with Crippen molar-refractivity contribution in [3.63, 3.8) is 0 Å². The van der Waals surface area contributed by atoms with Crippen molar-refractivity contribution in [3.05, 3.63) is 33.9 Å². The van der Waals surface area contributed by atoms with E-state index in [4.69, 9.17) is 5.73 Å². The van der Waals surface area contributed by atoms with Crippen molar-refractivity contribution in [2.45, 2.75) is 26.7 Å². The fraction of sp³-hybridized carbons (Fsp3) is 0.500. The predicted octanol–water partition coefficient (Wildman–Crippen LogP) is 2.44. The number of anilines is 1. The first-order valence-corrected chi connectivity index (χ1v) is 6.63. The lowest BCUT2D eigenvalue weighted by atomic mass is 9.84. The third kappa shape index (κ3) is 2.89. The summed E-state index contributed by atoms with van der Waals surface area (Å²) >= 11 is 0. The number of rotatable bonds is 2. The smallest absolute Gasteiger partial charge is 0.270 e. The highest BCUT2D eigenvalue weighted by atomic mass is 16.6. The molecule has 0 saturated carbocycles. The van der Waals surface area contributed by atoms with E-state index in [1.165, 1.54) is 18.2 Å². The standard InChI is InChI=1S/C14H19N3O3/c1-14(2)6-3-7-16(9-14)13(18)11-8-10(17(19)20)4-5-12(11)15/h4-5,8H,3,6-7,9,15H2,1-2H3. The van der Waals surface area contributed by atoms with Crippen LogP contribution >= 0.6 is 0 Å². The van der Waals surface area contributed by atoms with Crippen LogP contribution in [0.1, 0.15) is 37.0 Å². The molecule has 0 bridgehead atoms. The number of carbonyl (C=O) groups is 1. The van der Waals surface area contributed by atoms with Gasteiger partial charge in [-0.2, -0.15) is 0 Å². The number of nitro groups is 1. The van der Waals surface area contributed by atoms with Crippen molar-refractivity contribution >= 4 is 17.3 Å². The van der Waals surface area contributed by atoms with Gasteiger partial charge in [0.2, 0.25) is 0 Å². The normalized spacial score (nSPS) is 17.8. The van der Waals surface area contributed by atoms with Gasteiger partial charge in [0, 0.05) is 30.9 Å². The number of nitrogens with zero attached hydrogens (tertiary/aromatic N) is 2. The monoisotopic (exact) mass is 277 g/mol. The number of amides is 1. The molecule has 6 heteroatoms. The molecule has 1 saturated heterocycles. The molecular weight excluding hydrogens is 258 g/mol. The minimum Gasteiger partial charge on any atom is -0.398 e. The zero-order chi connectivity index (χ0) is 14.9. The van der Waals surface area contributed by atoms with E-state index in [0.29, 0.717) is 13.1 Å². The van der Waals surface area contributed by atoms with Crippen molar-refractivity contribution in [3.8, 4) is 0 Å². The number of benzene rings is 1. The first-order valence-electron chi connectivity index (χ1n) is 6.63. The first kappa shape index (κ1) is 14.3. The third-order valence-corrected chi connectivity index (χ3v) is 3.67. The summed E-state index contributed by atoms with van der Waals surface area (Å²) in [6.45, 7) is 5.55. The highest BCUT2D eigenvalue weighted by Crippen LogP contribution is 2.30. The second kappa shape index (κ2) is 5.11. The maximum absolute atomic E-state index is 12.5. The van der Waals surface area contributed by atoms with Gasteiger partial charge in [0.15, 0.2) is 0 Å². The van der Waals surface area contributed by atoms with Crippen LogP contribution in [0.3, 0.4) is 0 Å². The van der Waals surface area contributed by atoms with E-state index in [1.54, 1.807) is 4.90 Å². The molecule has 1 amide bonds. The highest BCUT2D eigenvalue weighted by Gasteiger charge is 2.30. The Morgan fingerprint density at radius 2 is 2.15 bits per heavy atom. The quantitative estimate of drug-likeness (QED) is 0.510. The average molecular weight is 277 g/mol. The van der Waals surface area contributed by atoms with E-state index in [9.17, 15) is 14.9 Å². The average Bonchev–Trinajstić information content (AvgIpc) is 2.37. The van der Waals surface area contributed by atoms with E-state index in [1.807, 2.05) is 0 Å². The summed E-state index contributed by atoms with van der Waals surface area (Å²) in [6, 6.07) is 3.99. The molecule has 2 rings (SSSR count). The Balaban J connectivity index is 2.29. The molecule has 0 aromatic heterocycles. The molecule has 1 aliphatic rings. The van der Waals surface area contributed by atoms with Crippen LogP contribution in [0.25, 0.3) is 0 Å². The summed E-state index contributed by atoms with van der Waals surface area (Å²) in [6.07, 6.45) is 2.01. The van der Waals surface area contributed by atoms with Crippen LogP contribution in [-0.4, -0.2) is 28.8 Å². The molecule has 2 N–H and O–H groups in total. The van der Waals surface area contributed by atoms with E-state index in [-0.39, 0.29) is 28.3 Å². The predicted molar refractivity (Wildman–Crippen MR) is 76.4 cm³/mol. The minimum atomic E-state index is -0.517. The van der Waals surface area contributed by atoms with Crippen LogP contribution in [0.2, 0.25) is 0 Å². The summed E-state index contributed by atoms with van der Waals surface area (Å²) in [5, 5.41) is 10.8. The molecule has 1 heterocycles. The molecule has 1 aromatic rings. The zero-order valence-electron chi connectivity index (χ0n) is 11.8. The Bertz CT molecular complexity index is 555. The molecule has 1 fully saturated rings. The Hall–Kier alpha value is -2.11. The van der Waals surface area contributed by atoms with Crippen molar-refractivity contribution in [1.82, 2.24) is 4.90 Å². The summed E-state index contributed by atoms with van der Waals surface area (Å²) in [4.78, 5) is 24.5. The van der Waals surface area contributed by atoms with Crippen molar-refractivity contribution < 1.29 is 9.72 Å². The number of hydrogen-bond donors (Lipinski definition) is 1. The van der Waals surface area contributed by atoms with Gasteiger partial charge in [-0.1, -0.05) is 13.8 Å². The second-order valence-corrected chi connectivity index (χ2v) is 6.02. The van der Waals surface area contributed by atoms with Gasteiger partial charge in [0.25, 0.3) is 11.6 Å². The number of nitrogens with two attached hydrogens (primary N) is 1. The number of hydrogen-bond acceptors (Lipinski definition) is 4. The highest BCUT2D eigenvalue weighted by molar-refractivity contribution is 5.99. The fourth-order valence-corrected chi connectivity index (χ4v) is 2.61. The van der Waals surface area contributed by atoms with E-state index in [2.05, 4.69) is 13.8 Å². The molecule has 1 aromatic carbocycles. The molecule has 0 unspecified atom stereocenters. The molecule has 0 aliphatic carbocycles. The Kier molecular flexibility index (Phi) is 3.65. The summed E-state index contributed by atoms with van der Waals surface area (Å²) in [5.41, 5.74) is 6.26. The number of carbonyl (C=O) groups excluding carboxylic acids is 1. The van der Waals surface area contributed by atoms with Gasteiger partial charge in [0.05, 0.1) is 10.5 Å². The van der Waals surface area contributed by atoms with Crippen LogP contribution in [0, 0.1) is 15.5 Å². The topological polar surface area (TPSA) is 89.5 Å². The van der Waals surface area contributed by atoms with Crippen LogP contribution in [0.4, 0.5) is 11.4 Å². The number of likely N-dealkylation sites (tertiary alicyclic amines) is 1. The van der Waals surface area contributed by atoms with Gasteiger partial charge >= 0.3 is 0 Å². The van der Waals surface area contributed by atoms with Gasteiger partial charge in [-0.15, -0.1) is 0 Å². The largest absolute Gasteiger partial charge is 0.398 e. The molecule has 108 valence electrons. The molecule has 6 nitrogen and oxygen atoms in total. The summed E-state index contributed by atoms with van der Waals surface area (Å²) in [5.74, 6) is -0.223. The van der Waals surface area contributed by atoms with E-state index in [0.717, 1.165) is 12.8 Å². The van der Waals surface area contributed by atoms with Crippen LogP contribution < -0.4 is 5.73 Å². The van der Waals surface area contributed by atoms with Gasteiger partial charge in [-0.3, -0.25) is 14.9 Å². The Labute approximate surface area is 117 Å². The van der Waals surface area contributed by atoms with Crippen LogP contribution in [-0.2, 0) is 0 Å². The molecule has 0 radical (unpaired) electrons. The van der Waals surface area contributed by atoms with Crippen LogP contribution in [0.15, 0.2) is 18.2 Å². The SMILES string of the molecule is CC1(C)CCCN(C(=O)c2cc([N+](=O)[O-])ccc2N)C1. The van der Waals surface area contributed by atoms with Crippen molar-refractivity contribution in [1.29, 1.82) is 0 Å². The minimum absolute atomic E-state index is 0.0728. The number of non-ortho nitro benzene ring substituents is 1. The summed E-state index contributed by atoms with van der Waals surface area (Å²) in [7, 11) is 0. The maximum Gasteiger partial charge on any atom is 0.270 e. The second-order valence-electron chi connectivity index (χ2n) is 6.02. The zero-order valence-corrected chi connectivity index (χ0v) is 11.8. The number of nitro benzene ring substituents is 1. The molecule has 20 heavy (non-hydrogen) atoms. The van der Waals surface area contributed by atoms with Gasteiger partial charge in [0.1, 0.15) is 0 Å². The van der Waals surface area contributed by atoms with Crippen LogP contribution in [0.5, 0.6) is 0 Å². The van der Waals surface area contributed by atoms with Crippen molar-refractivity contribution in [2.75, 3.05) is 18.8 Å². The molecule has 0 spiro atoms. The lowest BCUT2D eigenvalue weighted by Gasteiger charge is -2.38. The molecular formula is C14H19N3O3. The van der Waals surface area contributed by atoms with E-state index >= 15 is 0 Å². The number of nitrogen functional groups attached to an aromatic ring is 1. The lowest BCUT2D eigenvalue weighted by Crippen LogP contribution is -2.43. The molecule has 1 aliphatic heterocycles. The number of piperidine rings is 1. The van der Waals surface area contributed by atoms with Gasteiger partial charge in [-0.25, -0.2) is 0 Å². The summed E-state index contributed by atoms with van der Waals surface area (Å²) < 4.78 is 0. The van der Waals surface area contributed by atoms with E-state index < -0.39 is 4.92 Å². The van der Waals surface area contributed by atoms with Crippen molar-refractivity contribution in [2.24, 2.45) is 5.41 Å².